The van der Waals surface area contributed by atoms with Crippen LogP contribution in [-0.4, -0.2) is 23.3 Å². The van der Waals surface area contributed by atoms with Gasteiger partial charge in [-0.25, -0.2) is 8.78 Å². The first-order chi connectivity index (χ1) is 13.9. The van der Waals surface area contributed by atoms with E-state index in [-0.39, 0.29) is 18.2 Å². The molecule has 0 aliphatic rings. The number of aryl methyl sites for hydroxylation is 1. The van der Waals surface area contributed by atoms with E-state index in [1.165, 1.54) is 25.4 Å². The van der Waals surface area contributed by atoms with Crippen LogP contribution < -0.4 is 20.3 Å². The van der Waals surface area contributed by atoms with Crippen molar-refractivity contribution in [3.63, 3.8) is 0 Å². The van der Waals surface area contributed by atoms with Crippen LogP contribution in [0.4, 0.5) is 20.4 Å². The van der Waals surface area contributed by atoms with Crippen LogP contribution >= 0.6 is 0 Å². The lowest BCUT2D eigenvalue weighted by atomic mass is 10.2. The molecule has 1 N–H and O–H groups in total. The third-order valence-electron chi connectivity index (χ3n) is 4.23. The quantitative estimate of drug-likeness (QED) is 0.648. The number of hydrogen-bond donors (Lipinski definition) is 1. The number of anilines is 2. The van der Waals surface area contributed by atoms with Crippen LogP contribution in [-0.2, 0) is 6.54 Å². The minimum Gasteiger partial charge on any atom is -0.494 e. The highest BCUT2D eigenvalue weighted by Crippen LogP contribution is 2.25. The summed E-state index contributed by atoms with van der Waals surface area (Å²) in [6.07, 6.45) is 1.45. The number of methoxy groups -OCH3 is 1. The smallest absolute Gasteiger partial charge is 0.316 e. The van der Waals surface area contributed by atoms with Crippen LogP contribution in [0.3, 0.4) is 0 Å². The second-order valence-corrected chi connectivity index (χ2v) is 6.38. The zero-order valence-electron chi connectivity index (χ0n) is 16.3. The third kappa shape index (κ3) is 4.90. The Morgan fingerprint density at radius 3 is 2.52 bits per heavy atom. The van der Waals surface area contributed by atoms with E-state index < -0.39 is 17.2 Å². The molecule has 0 unspecified atom stereocenters. The van der Waals surface area contributed by atoms with E-state index in [1.54, 1.807) is 10.6 Å². The van der Waals surface area contributed by atoms with E-state index in [9.17, 15) is 13.6 Å². The lowest BCUT2D eigenvalue weighted by Gasteiger charge is -2.17. The van der Waals surface area contributed by atoms with Crippen molar-refractivity contribution in [3.05, 3.63) is 75.7 Å². The van der Waals surface area contributed by atoms with Crippen LogP contribution in [0.5, 0.6) is 11.5 Å². The van der Waals surface area contributed by atoms with Crippen molar-refractivity contribution in [1.29, 1.82) is 0 Å². The minimum atomic E-state index is -0.685. The minimum absolute atomic E-state index is 0.0206. The molecule has 3 aromatic rings. The molecule has 8 heteroatoms. The molecular formula is C21H21F2N3O3. The molecule has 152 valence electrons. The van der Waals surface area contributed by atoms with Crippen molar-refractivity contribution in [2.24, 2.45) is 0 Å². The highest BCUT2D eigenvalue weighted by molar-refractivity contribution is 5.61. The van der Waals surface area contributed by atoms with E-state index in [0.717, 1.165) is 11.6 Å². The zero-order chi connectivity index (χ0) is 21.0. The van der Waals surface area contributed by atoms with Gasteiger partial charge in [-0.3, -0.25) is 4.79 Å². The van der Waals surface area contributed by atoms with Crippen molar-refractivity contribution in [3.8, 4) is 11.5 Å². The van der Waals surface area contributed by atoms with Gasteiger partial charge in [-0.15, -0.1) is 0 Å². The Morgan fingerprint density at radius 2 is 1.86 bits per heavy atom. The summed E-state index contributed by atoms with van der Waals surface area (Å²) in [7, 11) is 1.35. The molecule has 1 heterocycles. The standard InChI is InChI=1S/C21H21F2N3O3/c1-4-29-17-6-5-13(2)18(10-17)24-21-25-20(27)19(28-3)12-26(21)11-14-7-15(22)9-16(23)8-14/h5-10,12H,4,11H2,1-3H3,(H,24,25,27). The monoisotopic (exact) mass is 401 g/mol. The Hall–Kier alpha value is -3.42. The Balaban J connectivity index is 2.03. The van der Waals surface area contributed by atoms with Gasteiger partial charge in [0.1, 0.15) is 17.4 Å². The van der Waals surface area contributed by atoms with E-state index >= 15 is 0 Å². The molecule has 0 fully saturated rings. The zero-order valence-corrected chi connectivity index (χ0v) is 16.3. The molecule has 1 aromatic heterocycles. The van der Waals surface area contributed by atoms with Crippen LogP contribution in [0.1, 0.15) is 18.1 Å². The second kappa shape index (κ2) is 8.72. The maximum absolute atomic E-state index is 13.6. The SMILES string of the molecule is CCOc1ccc(C)c(Nc2nc(=O)c(OC)cn2Cc2cc(F)cc(F)c2)c1. The van der Waals surface area contributed by atoms with Gasteiger partial charge < -0.3 is 19.4 Å². The van der Waals surface area contributed by atoms with Crippen LogP contribution in [0, 0.1) is 18.6 Å². The van der Waals surface area contributed by atoms with Gasteiger partial charge in [-0.1, -0.05) is 6.07 Å². The number of halogens is 2. The Morgan fingerprint density at radius 1 is 1.14 bits per heavy atom. The largest absolute Gasteiger partial charge is 0.494 e. The van der Waals surface area contributed by atoms with Crippen molar-refractivity contribution in [2.75, 3.05) is 19.0 Å². The second-order valence-electron chi connectivity index (χ2n) is 6.38. The molecule has 0 atom stereocenters. The molecule has 2 aromatic carbocycles. The van der Waals surface area contributed by atoms with E-state index in [0.29, 0.717) is 23.6 Å². The predicted octanol–water partition coefficient (Wildman–Crippen LogP) is 4.03. The first-order valence-corrected chi connectivity index (χ1v) is 9.00. The number of ether oxygens (including phenoxy) is 2. The summed E-state index contributed by atoms with van der Waals surface area (Å²) in [6.45, 7) is 4.36. The molecule has 0 saturated heterocycles. The number of hydrogen-bond acceptors (Lipinski definition) is 5. The Kier molecular flexibility index (Phi) is 6.11. The summed E-state index contributed by atoms with van der Waals surface area (Å²) >= 11 is 0. The van der Waals surface area contributed by atoms with Crippen molar-refractivity contribution in [1.82, 2.24) is 9.55 Å². The molecule has 0 aliphatic carbocycles. The van der Waals surface area contributed by atoms with Crippen molar-refractivity contribution >= 4 is 11.6 Å². The average molecular weight is 401 g/mol. The first kappa shape index (κ1) is 20.3. The summed E-state index contributed by atoms with van der Waals surface area (Å²) in [5.41, 5.74) is 1.40. The molecule has 0 radical (unpaired) electrons. The number of nitrogens with zero attached hydrogens (tertiary/aromatic N) is 2. The highest BCUT2D eigenvalue weighted by Gasteiger charge is 2.12. The maximum Gasteiger partial charge on any atom is 0.316 e. The van der Waals surface area contributed by atoms with Gasteiger partial charge in [-0.2, -0.15) is 4.98 Å². The van der Waals surface area contributed by atoms with Gasteiger partial charge in [0.2, 0.25) is 11.7 Å². The average Bonchev–Trinajstić information content (AvgIpc) is 2.66. The number of nitrogens with one attached hydrogen (secondary N) is 1. The highest BCUT2D eigenvalue weighted by atomic mass is 19.1. The fraction of sp³-hybridized carbons (Fsp3) is 0.238. The molecule has 29 heavy (non-hydrogen) atoms. The van der Waals surface area contributed by atoms with Gasteiger partial charge in [0.25, 0.3) is 0 Å². The predicted molar refractivity (Wildman–Crippen MR) is 106 cm³/mol. The summed E-state index contributed by atoms with van der Waals surface area (Å²) in [6, 6.07) is 8.75. The summed E-state index contributed by atoms with van der Waals surface area (Å²) in [5.74, 6) is -0.480. The van der Waals surface area contributed by atoms with Gasteiger partial charge in [0.05, 0.1) is 26.5 Å². The van der Waals surface area contributed by atoms with Gasteiger partial charge >= 0.3 is 5.56 Å². The first-order valence-electron chi connectivity index (χ1n) is 9.00. The summed E-state index contributed by atoms with van der Waals surface area (Å²) in [5, 5.41) is 3.11. The van der Waals surface area contributed by atoms with Gasteiger partial charge in [-0.05, 0) is 43.2 Å². The lowest BCUT2D eigenvalue weighted by molar-refractivity contribution is 0.340. The van der Waals surface area contributed by atoms with E-state index in [2.05, 4.69) is 10.3 Å². The van der Waals surface area contributed by atoms with Crippen molar-refractivity contribution in [2.45, 2.75) is 20.4 Å². The van der Waals surface area contributed by atoms with Gasteiger partial charge in [0, 0.05) is 17.8 Å². The summed E-state index contributed by atoms with van der Waals surface area (Å²) in [4.78, 5) is 16.2. The maximum atomic E-state index is 13.6. The number of rotatable bonds is 7. The summed E-state index contributed by atoms with van der Waals surface area (Å²) < 4.78 is 39.3. The van der Waals surface area contributed by atoms with Crippen molar-refractivity contribution < 1.29 is 18.3 Å². The van der Waals surface area contributed by atoms with E-state index in [1.807, 2.05) is 26.0 Å². The van der Waals surface area contributed by atoms with Gasteiger partial charge in [0.15, 0.2) is 0 Å². The van der Waals surface area contributed by atoms with Crippen LogP contribution in [0.25, 0.3) is 0 Å². The van der Waals surface area contributed by atoms with E-state index in [4.69, 9.17) is 9.47 Å². The van der Waals surface area contributed by atoms with Crippen LogP contribution in [0.15, 0.2) is 47.4 Å². The molecule has 0 bridgehead atoms. The Bertz CT molecular complexity index is 1060. The molecule has 0 aliphatic heterocycles. The molecular weight excluding hydrogens is 380 g/mol. The number of aromatic nitrogens is 2. The molecule has 0 amide bonds. The molecule has 0 spiro atoms. The fourth-order valence-electron chi connectivity index (χ4n) is 2.85. The molecule has 3 rings (SSSR count). The molecule has 6 nitrogen and oxygen atoms in total. The topological polar surface area (TPSA) is 65.4 Å². The normalized spacial score (nSPS) is 10.7. The molecule has 0 saturated carbocycles. The third-order valence-corrected chi connectivity index (χ3v) is 4.23. The fourth-order valence-corrected chi connectivity index (χ4v) is 2.85. The number of benzene rings is 2. The lowest BCUT2D eigenvalue weighted by Crippen LogP contribution is -2.19. The Labute approximate surface area is 166 Å². The van der Waals surface area contributed by atoms with Crippen LogP contribution in [0.2, 0.25) is 0 Å².